The number of rotatable bonds is 3. The summed E-state index contributed by atoms with van der Waals surface area (Å²) in [4.78, 5) is 10.00. The summed E-state index contributed by atoms with van der Waals surface area (Å²) in [5.41, 5.74) is 0. The van der Waals surface area contributed by atoms with Crippen molar-refractivity contribution in [3.8, 4) is 0 Å². The minimum absolute atomic E-state index is 0.407. The molecular formula is C12H21N3OS. The molecule has 0 bridgehead atoms. The van der Waals surface area contributed by atoms with Gasteiger partial charge in [-0.1, -0.05) is 11.3 Å². The lowest BCUT2D eigenvalue weighted by atomic mass is 10.1. The number of thiazole rings is 1. The van der Waals surface area contributed by atoms with E-state index >= 15 is 0 Å². The van der Waals surface area contributed by atoms with Gasteiger partial charge in [0.05, 0.1) is 11.0 Å². The van der Waals surface area contributed by atoms with E-state index in [1.807, 2.05) is 0 Å². The van der Waals surface area contributed by atoms with Crippen LogP contribution in [-0.2, 0) is 0 Å². The summed E-state index contributed by atoms with van der Waals surface area (Å²) in [6, 6.07) is 0.614. The summed E-state index contributed by atoms with van der Waals surface area (Å²) in [6.45, 7) is 3.91. The number of likely N-dealkylation sites (N-methyl/N-ethyl adjacent to an activating group) is 1. The van der Waals surface area contributed by atoms with Crippen LogP contribution in [0.25, 0.3) is 0 Å². The standard InChI is InChI=1S/C12H21N3OS/c1-9(16)11-7-13-12(17-11)15-6-4-5-10(8-15)14(2)3/h7,9-10,16H,4-6,8H2,1-3H3. The molecule has 17 heavy (non-hydrogen) atoms. The smallest absolute Gasteiger partial charge is 0.185 e. The van der Waals surface area contributed by atoms with E-state index in [1.165, 1.54) is 12.8 Å². The predicted molar refractivity (Wildman–Crippen MR) is 71.7 cm³/mol. The molecule has 0 amide bonds. The van der Waals surface area contributed by atoms with Gasteiger partial charge in [-0.25, -0.2) is 4.98 Å². The average Bonchev–Trinajstić information content (AvgIpc) is 2.78. The van der Waals surface area contributed by atoms with Crippen LogP contribution in [0.15, 0.2) is 6.20 Å². The summed E-state index contributed by atoms with van der Waals surface area (Å²) in [5, 5.41) is 10.6. The summed E-state index contributed by atoms with van der Waals surface area (Å²) in [7, 11) is 4.27. The summed E-state index contributed by atoms with van der Waals surface area (Å²) in [5.74, 6) is 0. The number of nitrogens with zero attached hydrogens (tertiary/aromatic N) is 3. The van der Waals surface area contributed by atoms with E-state index in [0.29, 0.717) is 6.04 Å². The Bertz CT molecular complexity index is 364. The Balaban J connectivity index is 2.05. The molecule has 1 fully saturated rings. The van der Waals surface area contributed by atoms with Crippen molar-refractivity contribution in [3.63, 3.8) is 0 Å². The fourth-order valence-electron chi connectivity index (χ4n) is 2.17. The first-order valence-corrected chi connectivity index (χ1v) is 6.94. The lowest BCUT2D eigenvalue weighted by Crippen LogP contribution is -2.45. The van der Waals surface area contributed by atoms with Crippen molar-refractivity contribution >= 4 is 16.5 Å². The van der Waals surface area contributed by atoms with Crippen molar-refractivity contribution in [3.05, 3.63) is 11.1 Å². The minimum Gasteiger partial charge on any atom is -0.388 e. The fourth-order valence-corrected chi connectivity index (χ4v) is 3.05. The fraction of sp³-hybridized carbons (Fsp3) is 0.750. The van der Waals surface area contributed by atoms with E-state index < -0.39 is 6.10 Å². The number of aliphatic hydroxyl groups is 1. The van der Waals surface area contributed by atoms with Gasteiger partial charge in [0, 0.05) is 25.3 Å². The minimum atomic E-state index is -0.407. The van der Waals surface area contributed by atoms with Crippen LogP contribution in [0.4, 0.5) is 5.13 Å². The molecule has 2 heterocycles. The topological polar surface area (TPSA) is 39.6 Å². The van der Waals surface area contributed by atoms with Crippen molar-refractivity contribution in [1.29, 1.82) is 0 Å². The van der Waals surface area contributed by atoms with E-state index in [1.54, 1.807) is 24.5 Å². The van der Waals surface area contributed by atoms with Gasteiger partial charge in [-0.05, 0) is 33.9 Å². The van der Waals surface area contributed by atoms with Crippen LogP contribution in [0.2, 0.25) is 0 Å². The van der Waals surface area contributed by atoms with E-state index in [-0.39, 0.29) is 0 Å². The Labute approximate surface area is 107 Å². The maximum absolute atomic E-state index is 9.52. The molecule has 1 N–H and O–H groups in total. The molecule has 2 rings (SSSR count). The second-order valence-electron chi connectivity index (χ2n) is 4.93. The third-order valence-electron chi connectivity index (χ3n) is 3.32. The van der Waals surface area contributed by atoms with Crippen LogP contribution in [0.3, 0.4) is 0 Å². The summed E-state index contributed by atoms with van der Waals surface area (Å²) in [6.07, 6.45) is 3.87. The molecule has 1 aliphatic heterocycles. The molecule has 0 radical (unpaired) electrons. The molecule has 96 valence electrons. The second kappa shape index (κ2) is 5.33. The Morgan fingerprint density at radius 1 is 1.59 bits per heavy atom. The van der Waals surface area contributed by atoms with Crippen molar-refractivity contribution in [2.75, 3.05) is 32.1 Å². The predicted octanol–water partition coefficient (Wildman–Crippen LogP) is 1.73. The van der Waals surface area contributed by atoms with Crippen LogP contribution in [0.5, 0.6) is 0 Å². The highest BCUT2D eigenvalue weighted by Crippen LogP contribution is 2.29. The third kappa shape index (κ3) is 2.97. The molecule has 1 aromatic rings. The maximum atomic E-state index is 9.52. The van der Waals surface area contributed by atoms with Crippen LogP contribution >= 0.6 is 11.3 Å². The van der Waals surface area contributed by atoms with Gasteiger partial charge in [0.25, 0.3) is 0 Å². The average molecular weight is 255 g/mol. The number of aliphatic hydroxyl groups excluding tert-OH is 1. The van der Waals surface area contributed by atoms with Gasteiger partial charge in [-0.2, -0.15) is 0 Å². The van der Waals surface area contributed by atoms with Gasteiger partial charge in [-0.3, -0.25) is 0 Å². The zero-order chi connectivity index (χ0) is 12.4. The Morgan fingerprint density at radius 2 is 2.35 bits per heavy atom. The first kappa shape index (κ1) is 12.8. The van der Waals surface area contributed by atoms with Gasteiger partial charge in [0.1, 0.15) is 0 Å². The van der Waals surface area contributed by atoms with Crippen molar-refractivity contribution in [2.45, 2.75) is 31.9 Å². The number of anilines is 1. The lowest BCUT2D eigenvalue weighted by molar-refractivity contribution is 0.203. The van der Waals surface area contributed by atoms with Crippen molar-refractivity contribution in [2.24, 2.45) is 0 Å². The first-order chi connectivity index (χ1) is 8.08. The Kier molecular flexibility index (Phi) is 4.01. The quantitative estimate of drug-likeness (QED) is 0.893. The van der Waals surface area contributed by atoms with Gasteiger partial charge in [0.2, 0.25) is 0 Å². The number of aromatic nitrogens is 1. The van der Waals surface area contributed by atoms with E-state index in [4.69, 9.17) is 0 Å². The molecule has 2 unspecified atom stereocenters. The molecule has 1 saturated heterocycles. The SMILES string of the molecule is CC(O)c1cnc(N2CCCC(N(C)C)C2)s1. The second-order valence-corrected chi connectivity index (χ2v) is 5.97. The molecule has 1 aromatic heterocycles. The van der Waals surface area contributed by atoms with Crippen LogP contribution < -0.4 is 4.90 Å². The summed E-state index contributed by atoms with van der Waals surface area (Å²) < 4.78 is 0. The largest absolute Gasteiger partial charge is 0.388 e. The number of hydrogen-bond acceptors (Lipinski definition) is 5. The van der Waals surface area contributed by atoms with Crippen LogP contribution in [-0.4, -0.2) is 48.2 Å². The zero-order valence-corrected chi connectivity index (χ0v) is 11.6. The molecular weight excluding hydrogens is 234 g/mol. The van der Waals surface area contributed by atoms with Gasteiger partial charge in [0.15, 0.2) is 5.13 Å². The molecule has 5 heteroatoms. The molecule has 0 saturated carbocycles. The zero-order valence-electron chi connectivity index (χ0n) is 10.8. The normalized spacial score (nSPS) is 23.1. The third-order valence-corrected chi connectivity index (χ3v) is 4.55. The van der Waals surface area contributed by atoms with Crippen LogP contribution in [0.1, 0.15) is 30.7 Å². The van der Waals surface area contributed by atoms with E-state index in [2.05, 4.69) is 28.9 Å². The highest BCUT2D eigenvalue weighted by molar-refractivity contribution is 7.15. The molecule has 0 aliphatic carbocycles. The molecule has 0 spiro atoms. The van der Waals surface area contributed by atoms with Gasteiger partial charge in [-0.15, -0.1) is 0 Å². The van der Waals surface area contributed by atoms with Gasteiger partial charge >= 0.3 is 0 Å². The molecule has 4 nitrogen and oxygen atoms in total. The number of hydrogen-bond donors (Lipinski definition) is 1. The molecule has 0 aromatic carbocycles. The van der Waals surface area contributed by atoms with Crippen LogP contribution in [0, 0.1) is 0 Å². The molecule has 2 atom stereocenters. The maximum Gasteiger partial charge on any atom is 0.185 e. The highest BCUT2D eigenvalue weighted by atomic mass is 32.1. The lowest BCUT2D eigenvalue weighted by Gasteiger charge is -2.35. The van der Waals surface area contributed by atoms with Gasteiger partial charge < -0.3 is 14.9 Å². The van der Waals surface area contributed by atoms with E-state index in [9.17, 15) is 5.11 Å². The molecule has 1 aliphatic rings. The first-order valence-electron chi connectivity index (χ1n) is 6.13. The number of piperidine rings is 1. The Morgan fingerprint density at radius 3 is 2.94 bits per heavy atom. The summed E-state index contributed by atoms with van der Waals surface area (Å²) >= 11 is 1.61. The van der Waals surface area contributed by atoms with Crippen molar-refractivity contribution < 1.29 is 5.11 Å². The van der Waals surface area contributed by atoms with E-state index in [0.717, 1.165) is 23.1 Å². The Hall–Kier alpha value is -0.650. The monoisotopic (exact) mass is 255 g/mol. The van der Waals surface area contributed by atoms with Crippen molar-refractivity contribution in [1.82, 2.24) is 9.88 Å². The highest BCUT2D eigenvalue weighted by Gasteiger charge is 2.23.